The van der Waals surface area contributed by atoms with E-state index in [9.17, 15) is 0 Å². The monoisotopic (exact) mass is 155 g/mol. The zero-order valence-electron chi connectivity index (χ0n) is 7.79. The summed E-state index contributed by atoms with van der Waals surface area (Å²) in [7, 11) is 1.59. The van der Waals surface area contributed by atoms with Gasteiger partial charge in [0.25, 0.3) is 0 Å². The van der Waals surface area contributed by atoms with Gasteiger partial charge in [-0.3, -0.25) is 0 Å². The van der Waals surface area contributed by atoms with Gasteiger partial charge in [-0.1, -0.05) is 20.8 Å². The van der Waals surface area contributed by atoms with Gasteiger partial charge >= 0.3 is 0 Å². The average Bonchev–Trinajstić information content (AvgIpc) is 1.88. The third kappa shape index (κ3) is 4.00. The van der Waals surface area contributed by atoms with E-state index in [1.54, 1.807) is 7.11 Å². The summed E-state index contributed by atoms with van der Waals surface area (Å²) in [5.41, 5.74) is 0. The Morgan fingerprint density at radius 1 is 1.36 bits per heavy atom. The van der Waals surface area contributed by atoms with E-state index in [2.05, 4.69) is 26.8 Å². The lowest BCUT2D eigenvalue weighted by atomic mass is 9.94. The first-order valence-corrected chi connectivity index (χ1v) is 4.04. The molecule has 0 amide bonds. The van der Waals surface area contributed by atoms with Crippen molar-refractivity contribution in [1.29, 1.82) is 5.26 Å². The molecule has 0 aliphatic carbocycles. The predicted molar refractivity (Wildman–Crippen MR) is 45.0 cm³/mol. The van der Waals surface area contributed by atoms with Gasteiger partial charge < -0.3 is 4.74 Å². The smallest absolute Gasteiger partial charge is 0.146 e. The minimum Gasteiger partial charge on any atom is -0.366 e. The molecule has 0 fully saturated rings. The highest BCUT2D eigenvalue weighted by molar-refractivity contribution is 4.87. The highest BCUT2D eigenvalue weighted by Crippen LogP contribution is 2.16. The van der Waals surface area contributed by atoms with Crippen molar-refractivity contribution in [3.05, 3.63) is 0 Å². The van der Waals surface area contributed by atoms with Gasteiger partial charge in [0.05, 0.1) is 6.07 Å². The van der Waals surface area contributed by atoms with Crippen LogP contribution in [0.2, 0.25) is 0 Å². The fourth-order valence-corrected chi connectivity index (χ4v) is 1.28. The Hall–Kier alpha value is -0.550. The first-order chi connectivity index (χ1) is 5.11. The fraction of sp³-hybridized carbons (Fsp3) is 0.889. The van der Waals surface area contributed by atoms with Crippen LogP contribution in [0.3, 0.4) is 0 Å². The summed E-state index contributed by atoms with van der Waals surface area (Å²) < 4.78 is 5.00. The lowest BCUT2D eigenvalue weighted by molar-refractivity contribution is 0.0932. The lowest BCUT2D eigenvalue weighted by Crippen LogP contribution is -2.19. The summed E-state index contributed by atoms with van der Waals surface area (Å²) in [6.45, 7) is 6.36. The number of hydrogen-bond acceptors (Lipinski definition) is 2. The molecule has 2 atom stereocenters. The molecule has 2 unspecified atom stereocenters. The van der Waals surface area contributed by atoms with Crippen molar-refractivity contribution in [2.24, 2.45) is 11.8 Å². The molecule has 0 aliphatic heterocycles. The van der Waals surface area contributed by atoms with Gasteiger partial charge in [-0.2, -0.15) is 5.26 Å². The van der Waals surface area contributed by atoms with Crippen LogP contribution in [-0.2, 0) is 4.74 Å². The maximum absolute atomic E-state index is 8.63. The molecule has 0 radical (unpaired) electrons. The summed E-state index contributed by atoms with van der Waals surface area (Å²) in [5.74, 6) is 0.973. The van der Waals surface area contributed by atoms with Crippen LogP contribution in [0.25, 0.3) is 0 Å². The van der Waals surface area contributed by atoms with E-state index in [4.69, 9.17) is 10.00 Å². The van der Waals surface area contributed by atoms with Gasteiger partial charge in [0, 0.05) is 7.11 Å². The molecule has 64 valence electrons. The minimum atomic E-state index is -0.239. The number of nitriles is 1. The van der Waals surface area contributed by atoms with Crippen molar-refractivity contribution in [1.82, 2.24) is 0 Å². The fourth-order valence-electron chi connectivity index (χ4n) is 1.28. The molecule has 0 saturated heterocycles. The van der Waals surface area contributed by atoms with Gasteiger partial charge in [-0.05, 0) is 18.3 Å². The van der Waals surface area contributed by atoms with Crippen molar-refractivity contribution in [2.75, 3.05) is 7.11 Å². The molecule has 0 heterocycles. The van der Waals surface area contributed by atoms with Gasteiger partial charge in [0.2, 0.25) is 0 Å². The van der Waals surface area contributed by atoms with Crippen LogP contribution in [-0.4, -0.2) is 13.2 Å². The first-order valence-electron chi connectivity index (χ1n) is 4.04. The van der Waals surface area contributed by atoms with Crippen LogP contribution in [0.15, 0.2) is 0 Å². The molecular weight excluding hydrogens is 138 g/mol. The highest BCUT2D eigenvalue weighted by atomic mass is 16.5. The van der Waals surface area contributed by atoms with E-state index in [1.807, 2.05) is 0 Å². The molecule has 0 aromatic rings. The van der Waals surface area contributed by atoms with E-state index in [-0.39, 0.29) is 6.10 Å². The Morgan fingerprint density at radius 3 is 2.18 bits per heavy atom. The van der Waals surface area contributed by atoms with Gasteiger partial charge in [0.15, 0.2) is 0 Å². The molecule has 11 heavy (non-hydrogen) atoms. The molecule has 0 aromatic heterocycles. The molecule has 0 spiro atoms. The summed E-state index contributed by atoms with van der Waals surface area (Å²) in [6.07, 6.45) is 0.809. The topological polar surface area (TPSA) is 33.0 Å². The van der Waals surface area contributed by atoms with Crippen molar-refractivity contribution < 1.29 is 4.74 Å². The molecule has 0 aliphatic rings. The maximum atomic E-state index is 8.63. The minimum absolute atomic E-state index is 0.239. The third-order valence-corrected chi connectivity index (χ3v) is 1.74. The van der Waals surface area contributed by atoms with Crippen molar-refractivity contribution in [3.8, 4) is 6.07 Å². The highest BCUT2D eigenvalue weighted by Gasteiger charge is 2.16. The summed E-state index contributed by atoms with van der Waals surface area (Å²) >= 11 is 0. The number of nitrogens with zero attached hydrogens (tertiary/aromatic N) is 1. The van der Waals surface area contributed by atoms with Gasteiger partial charge in [0.1, 0.15) is 6.10 Å². The Balaban J connectivity index is 3.81. The van der Waals surface area contributed by atoms with Crippen LogP contribution in [0.1, 0.15) is 27.2 Å². The van der Waals surface area contributed by atoms with Crippen LogP contribution in [0.5, 0.6) is 0 Å². The maximum Gasteiger partial charge on any atom is 0.146 e. The number of hydrogen-bond donors (Lipinski definition) is 0. The molecule has 2 nitrogen and oxygen atoms in total. The molecule has 0 aromatic carbocycles. The quantitative estimate of drug-likeness (QED) is 0.623. The first kappa shape index (κ1) is 10.4. The zero-order chi connectivity index (χ0) is 8.85. The Bertz CT molecular complexity index is 137. The summed E-state index contributed by atoms with van der Waals surface area (Å²) in [4.78, 5) is 0. The summed E-state index contributed by atoms with van der Waals surface area (Å²) in [6, 6.07) is 2.13. The van der Waals surface area contributed by atoms with E-state index in [0.717, 1.165) is 6.42 Å². The SMILES string of the molecule is COC(C#N)C(C)CC(C)C. The normalized spacial score (nSPS) is 16.0. The molecule has 0 rings (SSSR count). The molecule has 2 heteroatoms. The zero-order valence-corrected chi connectivity index (χ0v) is 7.79. The van der Waals surface area contributed by atoms with Crippen molar-refractivity contribution >= 4 is 0 Å². The third-order valence-electron chi connectivity index (χ3n) is 1.74. The standard InChI is InChI=1S/C9H17NO/c1-7(2)5-8(3)9(6-10)11-4/h7-9H,5H2,1-4H3. The van der Waals surface area contributed by atoms with Gasteiger partial charge in [-0.15, -0.1) is 0 Å². The Morgan fingerprint density at radius 2 is 1.91 bits per heavy atom. The van der Waals surface area contributed by atoms with Gasteiger partial charge in [-0.25, -0.2) is 0 Å². The number of ether oxygens (including phenoxy) is 1. The second kappa shape index (κ2) is 5.15. The van der Waals surface area contributed by atoms with Crippen LogP contribution in [0.4, 0.5) is 0 Å². The Kier molecular flexibility index (Phi) is 4.89. The number of rotatable bonds is 4. The Labute approximate surface area is 69.2 Å². The van der Waals surface area contributed by atoms with Crippen molar-refractivity contribution in [2.45, 2.75) is 33.3 Å². The van der Waals surface area contributed by atoms with E-state index in [1.165, 1.54) is 0 Å². The molecule has 0 saturated carbocycles. The molecule has 0 bridgehead atoms. The van der Waals surface area contributed by atoms with Crippen LogP contribution < -0.4 is 0 Å². The number of methoxy groups -OCH3 is 1. The van der Waals surface area contributed by atoms with E-state index >= 15 is 0 Å². The van der Waals surface area contributed by atoms with Crippen LogP contribution >= 0.6 is 0 Å². The lowest BCUT2D eigenvalue weighted by Gasteiger charge is -2.17. The molecular formula is C9H17NO. The predicted octanol–water partition coefficient (Wildman–Crippen LogP) is 2.21. The van der Waals surface area contributed by atoms with E-state index < -0.39 is 0 Å². The second-order valence-corrected chi connectivity index (χ2v) is 3.39. The second-order valence-electron chi connectivity index (χ2n) is 3.39. The van der Waals surface area contributed by atoms with Crippen molar-refractivity contribution in [3.63, 3.8) is 0 Å². The van der Waals surface area contributed by atoms with Crippen LogP contribution in [0, 0.1) is 23.2 Å². The average molecular weight is 155 g/mol. The largest absolute Gasteiger partial charge is 0.366 e. The summed E-state index contributed by atoms with van der Waals surface area (Å²) in [5, 5.41) is 8.63. The van der Waals surface area contributed by atoms with E-state index in [0.29, 0.717) is 11.8 Å². The molecule has 0 N–H and O–H groups in total.